The standard InChI is InChI=1S/C28H24F4N4O4/c1-34-13-20(12-33-34)16-3-6-22-18(10-16)8-9-27(22)25(38)36(26(39)40-27)15-24(37)35-14-19-2-5-21(29)11-17(19)4-7-23(35)28(30,31)32/h2-3,5-6,10-13,23H,4,7-9,14-15H2,1H3/t23-,27?/m0/s1. The number of fused-ring (bicyclic) bond motifs is 3. The Morgan fingerprint density at radius 3 is 2.60 bits per heavy atom. The van der Waals surface area contributed by atoms with Crippen LogP contribution in [0.2, 0.25) is 0 Å². The number of benzene rings is 2. The highest BCUT2D eigenvalue weighted by molar-refractivity contribution is 6.06. The number of carbonyl (C=O) groups is 3. The Bertz CT molecular complexity index is 1550. The lowest BCUT2D eigenvalue weighted by Gasteiger charge is -2.32. The maximum Gasteiger partial charge on any atom is 0.418 e. The number of halogens is 4. The summed E-state index contributed by atoms with van der Waals surface area (Å²) in [5.74, 6) is -2.41. The molecule has 12 heteroatoms. The molecule has 1 aliphatic carbocycles. The average Bonchev–Trinajstić information content (AvgIpc) is 3.51. The zero-order valence-electron chi connectivity index (χ0n) is 21.4. The molecule has 3 aromatic rings. The molecule has 2 aliphatic heterocycles. The average molecular weight is 557 g/mol. The number of hydrogen-bond donors (Lipinski definition) is 0. The van der Waals surface area contributed by atoms with Crippen LogP contribution in [0.25, 0.3) is 11.1 Å². The number of carbonyl (C=O) groups excluding carboxylic acids is 3. The van der Waals surface area contributed by atoms with Gasteiger partial charge in [-0.1, -0.05) is 24.3 Å². The van der Waals surface area contributed by atoms with E-state index < -0.39 is 61.1 Å². The van der Waals surface area contributed by atoms with Crippen molar-refractivity contribution >= 4 is 17.9 Å². The van der Waals surface area contributed by atoms with Gasteiger partial charge in [0.2, 0.25) is 11.5 Å². The first-order chi connectivity index (χ1) is 19.0. The highest BCUT2D eigenvalue weighted by atomic mass is 19.4. The van der Waals surface area contributed by atoms with E-state index in [1.165, 1.54) is 12.1 Å². The van der Waals surface area contributed by atoms with Crippen molar-refractivity contribution in [1.82, 2.24) is 19.6 Å². The summed E-state index contributed by atoms with van der Waals surface area (Å²) in [5, 5.41) is 4.16. The number of imide groups is 1. The summed E-state index contributed by atoms with van der Waals surface area (Å²) < 4.78 is 63.0. The van der Waals surface area contributed by atoms with Gasteiger partial charge in [0.05, 0.1) is 6.20 Å². The molecule has 8 nitrogen and oxygen atoms in total. The predicted octanol–water partition coefficient (Wildman–Crippen LogP) is 4.25. The summed E-state index contributed by atoms with van der Waals surface area (Å²) in [6, 6.07) is 6.85. The van der Waals surface area contributed by atoms with E-state index in [4.69, 9.17) is 4.74 Å². The highest BCUT2D eigenvalue weighted by Crippen LogP contribution is 2.46. The van der Waals surface area contributed by atoms with Crippen LogP contribution < -0.4 is 0 Å². The number of alkyl halides is 3. The topological polar surface area (TPSA) is 84.7 Å². The number of nitrogens with zero attached hydrogens (tertiary/aromatic N) is 4. The summed E-state index contributed by atoms with van der Waals surface area (Å²) in [6.07, 6.45) is -2.26. The Labute approximate surface area is 226 Å². The van der Waals surface area contributed by atoms with Crippen LogP contribution in [-0.2, 0) is 46.4 Å². The number of hydrogen-bond acceptors (Lipinski definition) is 5. The number of amides is 3. The van der Waals surface area contributed by atoms with E-state index in [0.29, 0.717) is 32.9 Å². The van der Waals surface area contributed by atoms with Gasteiger partial charge >= 0.3 is 12.3 Å². The third kappa shape index (κ3) is 4.22. The molecule has 1 unspecified atom stereocenters. The van der Waals surface area contributed by atoms with Crippen molar-refractivity contribution < 1.29 is 36.7 Å². The molecule has 0 radical (unpaired) electrons. The summed E-state index contributed by atoms with van der Waals surface area (Å²) in [4.78, 5) is 41.0. The summed E-state index contributed by atoms with van der Waals surface area (Å²) in [5.41, 5.74) is 2.15. The zero-order valence-corrected chi connectivity index (χ0v) is 21.4. The van der Waals surface area contributed by atoms with Gasteiger partial charge in [-0.15, -0.1) is 0 Å². The van der Waals surface area contributed by atoms with Gasteiger partial charge in [-0.25, -0.2) is 14.1 Å². The van der Waals surface area contributed by atoms with E-state index in [1.54, 1.807) is 30.1 Å². The molecule has 3 amide bonds. The lowest BCUT2D eigenvalue weighted by atomic mass is 9.93. The molecule has 2 atom stereocenters. The molecule has 3 aliphatic rings. The molecular weight excluding hydrogens is 532 g/mol. The van der Waals surface area contributed by atoms with Gasteiger partial charge in [0.15, 0.2) is 0 Å². The van der Waals surface area contributed by atoms with Crippen LogP contribution in [0.15, 0.2) is 48.8 Å². The van der Waals surface area contributed by atoms with Crippen LogP contribution in [0.3, 0.4) is 0 Å². The molecule has 0 N–H and O–H groups in total. The smallest absolute Gasteiger partial charge is 0.418 e. The minimum absolute atomic E-state index is 0.0767. The second-order valence-electron chi connectivity index (χ2n) is 10.4. The summed E-state index contributed by atoms with van der Waals surface area (Å²) in [6.45, 7) is -1.33. The zero-order chi connectivity index (χ0) is 28.4. The third-order valence-corrected chi connectivity index (χ3v) is 7.96. The van der Waals surface area contributed by atoms with Crippen LogP contribution in [0.1, 0.15) is 35.1 Å². The van der Waals surface area contributed by atoms with Gasteiger partial charge in [0, 0.05) is 37.3 Å². The maximum absolute atomic E-state index is 14.0. The number of ether oxygens (including phenoxy) is 1. The molecule has 2 aromatic carbocycles. The maximum atomic E-state index is 14.0. The molecule has 3 heterocycles. The molecule has 6 rings (SSSR count). The first-order valence-electron chi connectivity index (χ1n) is 12.8. The van der Waals surface area contributed by atoms with Crippen molar-refractivity contribution in [3.8, 4) is 11.1 Å². The van der Waals surface area contributed by atoms with E-state index in [1.807, 2.05) is 12.3 Å². The number of aryl methyl sites for hydroxylation is 3. The van der Waals surface area contributed by atoms with Gasteiger partial charge in [0.1, 0.15) is 18.4 Å². The molecular formula is C28H24F4N4O4. The van der Waals surface area contributed by atoms with E-state index in [9.17, 15) is 31.9 Å². The van der Waals surface area contributed by atoms with Crippen LogP contribution in [0.5, 0.6) is 0 Å². The molecule has 0 saturated carbocycles. The summed E-state index contributed by atoms with van der Waals surface area (Å²) in [7, 11) is 1.79. The first kappa shape index (κ1) is 26.0. The molecule has 1 aromatic heterocycles. The van der Waals surface area contributed by atoms with E-state index >= 15 is 0 Å². The quantitative estimate of drug-likeness (QED) is 0.451. The Hall–Kier alpha value is -4.22. The van der Waals surface area contributed by atoms with Crippen LogP contribution in [-0.4, -0.2) is 56.3 Å². The van der Waals surface area contributed by atoms with Gasteiger partial charge in [-0.3, -0.25) is 14.3 Å². The van der Waals surface area contributed by atoms with Crippen LogP contribution in [0, 0.1) is 5.82 Å². The first-order valence-corrected chi connectivity index (χ1v) is 12.8. The fourth-order valence-electron chi connectivity index (χ4n) is 5.95. The van der Waals surface area contributed by atoms with Gasteiger partial charge in [-0.2, -0.15) is 18.3 Å². The highest BCUT2D eigenvalue weighted by Gasteiger charge is 2.59. The Balaban J connectivity index is 1.26. The second kappa shape index (κ2) is 9.17. The Morgan fingerprint density at radius 2 is 1.88 bits per heavy atom. The third-order valence-electron chi connectivity index (χ3n) is 7.96. The lowest BCUT2D eigenvalue weighted by molar-refractivity contribution is -0.192. The van der Waals surface area contributed by atoms with Crippen LogP contribution >= 0.6 is 0 Å². The van der Waals surface area contributed by atoms with Gasteiger partial charge < -0.3 is 9.64 Å². The fourth-order valence-corrected chi connectivity index (χ4v) is 5.95. The Kier molecular flexibility index (Phi) is 5.97. The molecule has 40 heavy (non-hydrogen) atoms. The second-order valence-corrected chi connectivity index (χ2v) is 10.4. The minimum Gasteiger partial charge on any atom is -0.427 e. The van der Waals surface area contributed by atoms with E-state index in [0.717, 1.165) is 22.8 Å². The summed E-state index contributed by atoms with van der Waals surface area (Å²) >= 11 is 0. The largest absolute Gasteiger partial charge is 0.427 e. The molecule has 1 spiro atoms. The molecule has 208 valence electrons. The van der Waals surface area contributed by atoms with E-state index in [2.05, 4.69) is 5.10 Å². The predicted molar refractivity (Wildman–Crippen MR) is 132 cm³/mol. The molecule has 1 saturated heterocycles. The van der Waals surface area contributed by atoms with Crippen molar-refractivity contribution in [2.75, 3.05) is 6.54 Å². The Morgan fingerprint density at radius 1 is 1.07 bits per heavy atom. The number of rotatable bonds is 3. The van der Waals surface area contributed by atoms with Gasteiger partial charge in [0.25, 0.3) is 5.91 Å². The monoisotopic (exact) mass is 556 g/mol. The normalized spacial score (nSPS) is 22.4. The van der Waals surface area contributed by atoms with Crippen molar-refractivity contribution in [2.24, 2.45) is 7.05 Å². The molecule has 1 fully saturated rings. The van der Waals surface area contributed by atoms with Crippen molar-refractivity contribution in [1.29, 1.82) is 0 Å². The van der Waals surface area contributed by atoms with Crippen LogP contribution in [0.4, 0.5) is 22.4 Å². The number of aromatic nitrogens is 2. The van der Waals surface area contributed by atoms with Crippen molar-refractivity contribution in [3.63, 3.8) is 0 Å². The fraction of sp³-hybridized carbons (Fsp3) is 0.357. The SMILES string of the molecule is Cn1cc(-c2ccc3c(c2)CCC32OC(=O)N(CC(=O)N3Cc4ccc(F)cc4CC[C@H]3C(F)(F)F)C2=O)cn1. The lowest BCUT2D eigenvalue weighted by Crippen LogP contribution is -2.52. The van der Waals surface area contributed by atoms with Gasteiger partial charge in [-0.05, 0) is 53.6 Å². The molecule has 0 bridgehead atoms. The van der Waals surface area contributed by atoms with E-state index in [-0.39, 0.29) is 12.8 Å². The minimum atomic E-state index is -4.76. The van der Waals surface area contributed by atoms with Crippen molar-refractivity contribution in [2.45, 2.75) is 50.0 Å². The van der Waals surface area contributed by atoms with Crippen molar-refractivity contribution in [3.05, 3.63) is 76.9 Å².